The van der Waals surface area contributed by atoms with E-state index in [0.717, 1.165) is 5.56 Å². The van der Waals surface area contributed by atoms with Crippen LogP contribution < -0.4 is 5.32 Å². The third-order valence-electron chi connectivity index (χ3n) is 4.83. The van der Waals surface area contributed by atoms with Crippen LogP contribution in [0.5, 0.6) is 0 Å². The van der Waals surface area contributed by atoms with Gasteiger partial charge in [0.05, 0.1) is 30.7 Å². The lowest BCUT2D eigenvalue weighted by Crippen LogP contribution is -2.46. The molecule has 0 saturated carbocycles. The number of aliphatic hydroxyl groups is 1. The highest BCUT2D eigenvalue weighted by atomic mass is 16.6. The average molecular weight is 406 g/mol. The number of carbonyl (C=O) groups excluding carboxylic acids is 3. The Balaban J connectivity index is 1.57. The van der Waals surface area contributed by atoms with Crippen molar-refractivity contribution in [1.29, 1.82) is 0 Å². The topological polar surface area (TPSA) is 114 Å². The monoisotopic (exact) mass is 406 g/mol. The Hall–Kier alpha value is -2.81. The van der Waals surface area contributed by atoms with Crippen LogP contribution in [0, 0.1) is 0 Å². The first-order valence-corrected chi connectivity index (χ1v) is 9.54. The normalized spacial score (nSPS) is 24.1. The SMILES string of the molecule is CC(C)(O)C[C@H]1COC(=O)N1CC1OC(=O)N[C@H]1CC(=O)OCc1ccccc1. The van der Waals surface area contributed by atoms with Gasteiger partial charge in [-0.25, -0.2) is 9.59 Å². The molecule has 3 rings (SSSR count). The molecule has 29 heavy (non-hydrogen) atoms. The zero-order valence-corrected chi connectivity index (χ0v) is 16.5. The molecule has 2 amide bonds. The van der Waals surface area contributed by atoms with Crippen LogP contribution in [-0.4, -0.2) is 65.1 Å². The molecule has 9 heteroatoms. The predicted octanol–water partition coefficient (Wildman–Crippen LogP) is 1.58. The number of cyclic esters (lactones) is 2. The third-order valence-corrected chi connectivity index (χ3v) is 4.83. The van der Waals surface area contributed by atoms with E-state index in [-0.39, 0.29) is 32.2 Å². The summed E-state index contributed by atoms with van der Waals surface area (Å²) in [6.07, 6.45) is -1.67. The van der Waals surface area contributed by atoms with Crippen molar-refractivity contribution in [3.05, 3.63) is 35.9 Å². The standard InChI is InChI=1S/C20H26N2O7/c1-20(2,26)9-14-12-28-19(25)22(14)10-16-15(21-18(24)29-16)8-17(23)27-11-13-6-4-3-5-7-13/h3-7,14-16,26H,8-12H2,1-2H3,(H,21,24)/t14-,15-,16?/m0/s1. The van der Waals surface area contributed by atoms with Crippen molar-refractivity contribution in [2.75, 3.05) is 13.2 Å². The molecule has 0 aliphatic carbocycles. The van der Waals surface area contributed by atoms with Crippen molar-refractivity contribution in [3.63, 3.8) is 0 Å². The van der Waals surface area contributed by atoms with Gasteiger partial charge in [0.15, 0.2) is 0 Å². The molecule has 1 aromatic carbocycles. The molecule has 9 nitrogen and oxygen atoms in total. The molecule has 0 aromatic heterocycles. The number of nitrogens with zero attached hydrogens (tertiary/aromatic N) is 1. The van der Waals surface area contributed by atoms with E-state index in [1.165, 1.54) is 4.90 Å². The third kappa shape index (κ3) is 5.83. The van der Waals surface area contributed by atoms with Crippen molar-refractivity contribution in [2.45, 2.75) is 57.1 Å². The second-order valence-corrected chi connectivity index (χ2v) is 7.94. The lowest BCUT2D eigenvalue weighted by molar-refractivity contribution is -0.145. The fraction of sp³-hybridized carbons (Fsp3) is 0.550. The largest absolute Gasteiger partial charge is 0.461 e. The highest BCUT2D eigenvalue weighted by Crippen LogP contribution is 2.24. The summed E-state index contributed by atoms with van der Waals surface area (Å²) < 4.78 is 15.6. The lowest BCUT2D eigenvalue weighted by atomic mass is 9.98. The molecule has 0 spiro atoms. The van der Waals surface area contributed by atoms with Gasteiger partial charge in [-0.15, -0.1) is 0 Å². The first-order valence-electron chi connectivity index (χ1n) is 9.54. The van der Waals surface area contributed by atoms with Crippen molar-refractivity contribution >= 4 is 18.2 Å². The van der Waals surface area contributed by atoms with Gasteiger partial charge in [-0.2, -0.15) is 0 Å². The quantitative estimate of drug-likeness (QED) is 0.498. The van der Waals surface area contributed by atoms with E-state index < -0.39 is 35.9 Å². The number of nitrogens with one attached hydrogen (secondary N) is 1. The summed E-state index contributed by atoms with van der Waals surface area (Å²) in [5.74, 6) is -0.480. The zero-order valence-electron chi connectivity index (χ0n) is 16.5. The zero-order chi connectivity index (χ0) is 21.0. The van der Waals surface area contributed by atoms with Crippen molar-refractivity contribution in [3.8, 4) is 0 Å². The van der Waals surface area contributed by atoms with Crippen LogP contribution in [0.15, 0.2) is 30.3 Å². The summed E-state index contributed by atoms with van der Waals surface area (Å²) in [5.41, 5.74) is -0.124. The second-order valence-electron chi connectivity index (χ2n) is 7.94. The van der Waals surface area contributed by atoms with E-state index in [4.69, 9.17) is 14.2 Å². The average Bonchev–Trinajstić information content (AvgIpc) is 3.16. The molecule has 3 atom stereocenters. The minimum atomic E-state index is -0.984. The van der Waals surface area contributed by atoms with Gasteiger partial charge in [0.2, 0.25) is 0 Å². The first-order chi connectivity index (χ1) is 13.7. The number of benzene rings is 1. The first kappa shape index (κ1) is 20.9. The minimum absolute atomic E-state index is 0.0644. The molecule has 2 N–H and O–H groups in total. The summed E-state index contributed by atoms with van der Waals surface area (Å²) in [7, 11) is 0. The van der Waals surface area contributed by atoms with E-state index in [1.807, 2.05) is 30.3 Å². The smallest absolute Gasteiger partial charge is 0.410 e. The number of amides is 2. The van der Waals surface area contributed by atoms with Crippen molar-refractivity contribution < 1.29 is 33.7 Å². The van der Waals surface area contributed by atoms with E-state index in [2.05, 4.69) is 5.32 Å². The summed E-state index contributed by atoms with van der Waals surface area (Å²) in [6.45, 7) is 3.65. The number of esters is 1. The van der Waals surface area contributed by atoms with Crippen LogP contribution in [0.25, 0.3) is 0 Å². The number of hydrogen-bond acceptors (Lipinski definition) is 7. The summed E-state index contributed by atoms with van der Waals surface area (Å²) in [4.78, 5) is 37.5. The highest BCUT2D eigenvalue weighted by molar-refractivity contribution is 5.75. The van der Waals surface area contributed by atoms with Crippen LogP contribution >= 0.6 is 0 Å². The predicted molar refractivity (Wildman–Crippen MR) is 101 cm³/mol. The molecule has 1 unspecified atom stereocenters. The molecule has 158 valence electrons. The van der Waals surface area contributed by atoms with E-state index in [1.54, 1.807) is 13.8 Å². The Kier molecular flexibility index (Phi) is 6.26. The number of alkyl carbamates (subject to hydrolysis) is 1. The fourth-order valence-electron chi connectivity index (χ4n) is 3.47. The van der Waals surface area contributed by atoms with E-state index in [9.17, 15) is 19.5 Å². The maximum atomic E-state index is 12.2. The van der Waals surface area contributed by atoms with Gasteiger partial charge >= 0.3 is 18.2 Å². The van der Waals surface area contributed by atoms with Crippen LogP contribution in [0.2, 0.25) is 0 Å². The van der Waals surface area contributed by atoms with Gasteiger partial charge in [0, 0.05) is 0 Å². The van der Waals surface area contributed by atoms with Gasteiger partial charge in [-0.05, 0) is 25.8 Å². The van der Waals surface area contributed by atoms with Gasteiger partial charge in [-0.1, -0.05) is 30.3 Å². The maximum absolute atomic E-state index is 12.2. The van der Waals surface area contributed by atoms with Crippen molar-refractivity contribution in [1.82, 2.24) is 10.2 Å². The lowest BCUT2D eigenvalue weighted by Gasteiger charge is -2.29. The molecule has 2 heterocycles. The molecule has 2 aliphatic rings. The number of ether oxygens (including phenoxy) is 3. The fourth-order valence-corrected chi connectivity index (χ4v) is 3.47. The minimum Gasteiger partial charge on any atom is -0.461 e. The molecule has 1 aromatic rings. The van der Waals surface area contributed by atoms with Gasteiger partial charge in [-0.3, -0.25) is 9.69 Å². The molecule has 0 bridgehead atoms. The Morgan fingerprint density at radius 2 is 2.03 bits per heavy atom. The molecule has 2 fully saturated rings. The van der Waals surface area contributed by atoms with E-state index in [0.29, 0.717) is 6.42 Å². The van der Waals surface area contributed by atoms with Crippen LogP contribution in [0.1, 0.15) is 32.3 Å². The van der Waals surface area contributed by atoms with Gasteiger partial charge in [0.1, 0.15) is 19.3 Å². The number of carbonyl (C=O) groups is 3. The van der Waals surface area contributed by atoms with Crippen LogP contribution in [0.3, 0.4) is 0 Å². The second kappa shape index (κ2) is 8.69. The maximum Gasteiger partial charge on any atom is 0.410 e. The summed E-state index contributed by atoms with van der Waals surface area (Å²) in [6, 6.07) is 8.30. The van der Waals surface area contributed by atoms with Crippen molar-refractivity contribution in [2.24, 2.45) is 0 Å². The Bertz CT molecular complexity index is 747. The van der Waals surface area contributed by atoms with Crippen LogP contribution in [0.4, 0.5) is 9.59 Å². The molecular formula is C20H26N2O7. The molecule has 2 saturated heterocycles. The Labute approximate surface area is 168 Å². The Morgan fingerprint density at radius 3 is 2.72 bits per heavy atom. The summed E-state index contributed by atoms with van der Waals surface area (Å²) in [5, 5.41) is 12.7. The van der Waals surface area contributed by atoms with E-state index >= 15 is 0 Å². The molecule has 0 radical (unpaired) electrons. The van der Waals surface area contributed by atoms with Gasteiger partial charge < -0.3 is 24.6 Å². The summed E-state index contributed by atoms with van der Waals surface area (Å²) >= 11 is 0. The highest BCUT2D eigenvalue weighted by Gasteiger charge is 2.43. The molecular weight excluding hydrogens is 380 g/mol. The molecule has 2 aliphatic heterocycles. The number of hydrogen-bond donors (Lipinski definition) is 2. The Morgan fingerprint density at radius 1 is 1.31 bits per heavy atom. The number of rotatable bonds is 8. The van der Waals surface area contributed by atoms with Gasteiger partial charge in [0.25, 0.3) is 0 Å². The van der Waals surface area contributed by atoms with Crippen LogP contribution in [-0.2, 0) is 25.6 Å².